The van der Waals surface area contributed by atoms with E-state index in [1.165, 1.54) is 11.3 Å². The largest absolute Gasteiger partial charge is 0.298 e. The number of nitrogens with zero attached hydrogens (tertiary/aromatic N) is 2. The van der Waals surface area contributed by atoms with Crippen molar-refractivity contribution in [2.75, 3.05) is 5.32 Å². The van der Waals surface area contributed by atoms with E-state index in [1.807, 2.05) is 66.9 Å². The first-order chi connectivity index (χ1) is 12.6. The number of halogens is 1. The molecule has 0 bridgehead atoms. The Morgan fingerprint density at radius 1 is 1.08 bits per heavy atom. The van der Waals surface area contributed by atoms with Crippen LogP contribution in [-0.2, 0) is 0 Å². The molecule has 0 saturated carbocycles. The molecule has 0 aliphatic rings. The molecule has 1 amide bonds. The van der Waals surface area contributed by atoms with Crippen LogP contribution in [0.5, 0.6) is 0 Å². The molecule has 2 heterocycles. The van der Waals surface area contributed by atoms with E-state index in [0.717, 1.165) is 32.3 Å². The fourth-order valence-corrected chi connectivity index (χ4v) is 3.82. The van der Waals surface area contributed by atoms with Crippen LogP contribution in [0.2, 0.25) is 0 Å². The van der Waals surface area contributed by atoms with Gasteiger partial charge in [0.25, 0.3) is 5.91 Å². The highest BCUT2D eigenvalue weighted by Crippen LogP contribution is 2.27. The maximum Gasteiger partial charge on any atom is 0.258 e. The number of carbonyl (C=O) groups is 1. The molecule has 0 fully saturated rings. The Morgan fingerprint density at radius 3 is 2.69 bits per heavy atom. The van der Waals surface area contributed by atoms with Crippen LogP contribution in [-0.4, -0.2) is 15.9 Å². The van der Waals surface area contributed by atoms with Crippen LogP contribution in [0.3, 0.4) is 0 Å². The van der Waals surface area contributed by atoms with Gasteiger partial charge < -0.3 is 0 Å². The molecule has 1 N–H and O–H groups in total. The predicted molar refractivity (Wildman–Crippen MR) is 110 cm³/mol. The van der Waals surface area contributed by atoms with Gasteiger partial charge in [0.15, 0.2) is 5.13 Å². The van der Waals surface area contributed by atoms with Crippen LogP contribution >= 0.6 is 27.3 Å². The molecule has 4 aromatic rings. The van der Waals surface area contributed by atoms with Crippen LogP contribution in [0.25, 0.3) is 22.2 Å². The smallest absolute Gasteiger partial charge is 0.258 e. The number of para-hydroxylation sites is 1. The van der Waals surface area contributed by atoms with Gasteiger partial charge in [0, 0.05) is 20.8 Å². The molecule has 2 aromatic carbocycles. The minimum Gasteiger partial charge on any atom is -0.298 e. The van der Waals surface area contributed by atoms with Gasteiger partial charge in [0.05, 0.1) is 22.5 Å². The Morgan fingerprint density at radius 2 is 1.92 bits per heavy atom. The Hall–Kier alpha value is -2.57. The lowest BCUT2D eigenvalue weighted by Crippen LogP contribution is -2.13. The van der Waals surface area contributed by atoms with E-state index in [2.05, 4.69) is 26.2 Å². The number of thiazole rings is 1. The van der Waals surface area contributed by atoms with Gasteiger partial charge in [-0.1, -0.05) is 46.3 Å². The highest BCUT2D eigenvalue weighted by atomic mass is 79.9. The van der Waals surface area contributed by atoms with Crippen LogP contribution in [0.15, 0.2) is 64.5 Å². The molecule has 0 aliphatic carbocycles. The molecular formula is C20H14BrN3OS. The quantitative estimate of drug-likeness (QED) is 0.460. The minimum atomic E-state index is -0.186. The first-order valence-corrected chi connectivity index (χ1v) is 9.66. The van der Waals surface area contributed by atoms with Gasteiger partial charge in [-0.15, -0.1) is 11.3 Å². The number of fused-ring (bicyclic) bond motifs is 1. The summed E-state index contributed by atoms with van der Waals surface area (Å²) in [4.78, 5) is 21.9. The second-order valence-corrected chi connectivity index (χ2v) is 7.60. The van der Waals surface area contributed by atoms with Gasteiger partial charge in [-0.25, -0.2) is 9.97 Å². The Labute approximate surface area is 163 Å². The summed E-state index contributed by atoms with van der Waals surface area (Å²) in [5, 5.41) is 6.21. The minimum absolute atomic E-state index is 0.186. The van der Waals surface area contributed by atoms with Crippen molar-refractivity contribution in [3.63, 3.8) is 0 Å². The van der Waals surface area contributed by atoms with E-state index >= 15 is 0 Å². The molecule has 0 spiro atoms. The monoisotopic (exact) mass is 423 g/mol. The number of benzene rings is 2. The zero-order valence-electron chi connectivity index (χ0n) is 13.9. The summed E-state index contributed by atoms with van der Waals surface area (Å²) in [6.45, 7) is 1.90. The molecule has 0 aliphatic heterocycles. The zero-order valence-corrected chi connectivity index (χ0v) is 16.3. The molecule has 26 heavy (non-hydrogen) atoms. The van der Waals surface area contributed by atoms with Crippen molar-refractivity contribution >= 4 is 49.2 Å². The molecule has 0 unspecified atom stereocenters. The second-order valence-electron chi connectivity index (χ2n) is 5.83. The van der Waals surface area contributed by atoms with Crippen molar-refractivity contribution in [3.05, 3.63) is 75.7 Å². The first kappa shape index (κ1) is 16.9. The maximum atomic E-state index is 12.9. The van der Waals surface area contributed by atoms with Crippen LogP contribution in [0.1, 0.15) is 16.1 Å². The standard InChI is InChI=1S/C20H14BrN3OS/c1-12-11-26-20(22-12)24-19(25)16-10-18(13-5-4-6-14(21)9-13)23-17-8-3-2-7-15(16)17/h2-11H,1H3,(H,22,24,25). The molecule has 0 saturated heterocycles. The van der Waals surface area contributed by atoms with E-state index < -0.39 is 0 Å². The van der Waals surface area contributed by atoms with E-state index in [4.69, 9.17) is 4.98 Å². The molecule has 2 aromatic heterocycles. The van der Waals surface area contributed by atoms with Gasteiger partial charge in [0.2, 0.25) is 0 Å². The molecular weight excluding hydrogens is 410 g/mol. The normalized spacial score (nSPS) is 10.8. The summed E-state index contributed by atoms with van der Waals surface area (Å²) in [5.41, 5.74) is 3.96. The summed E-state index contributed by atoms with van der Waals surface area (Å²) in [6.07, 6.45) is 0. The molecule has 0 atom stereocenters. The average Bonchev–Trinajstić information content (AvgIpc) is 3.05. The maximum absolute atomic E-state index is 12.9. The number of amides is 1. The van der Waals surface area contributed by atoms with Crippen molar-refractivity contribution < 1.29 is 4.79 Å². The summed E-state index contributed by atoms with van der Waals surface area (Å²) in [6, 6.07) is 17.4. The lowest BCUT2D eigenvalue weighted by Gasteiger charge is -2.10. The van der Waals surface area contributed by atoms with Crippen molar-refractivity contribution in [3.8, 4) is 11.3 Å². The summed E-state index contributed by atoms with van der Waals surface area (Å²) in [5.74, 6) is -0.186. The van der Waals surface area contributed by atoms with Crippen molar-refractivity contribution in [1.82, 2.24) is 9.97 Å². The third-order valence-corrected chi connectivity index (χ3v) is 5.29. The number of hydrogen-bond donors (Lipinski definition) is 1. The van der Waals surface area contributed by atoms with E-state index in [-0.39, 0.29) is 5.91 Å². The van der Waals surface area contributed by atoms with Gasteiger partial charge in [-0.3, -0.25) is 10.1 Å². The topological polar surface area (TPSA) is 54.9 Å². The molecule has 128 valence electrons. The number of rotatable bonds is 3. The second kappa shape index (κ2) is 6.97. The van der Waals surface area contributed by atoms with E-state index in [1.54, 1.807) is 0 Å². The third-order valence-electron chi connectivity index (χ3n) is 3.92. The van der Waals surface area contributed by atoms with E-state index in [0.29, 0.717) is 10.7 Å². The average molecular weight is 424 g/mol. The Kier molecular flexibility index (Phi) is 4.53. The van der Waals surface area contributed by atoms with Crippen LogP contribution in [0.4, 0.5) is 5.13 Å². The fourth-order valence-electron chi connectivity index (χ4n) is 2.73. The fraction of sp³-hybridized carbons (Fsp3) is 0.0500. The number of aromatic nitrogens is 2. The number of anilines is 1. The Balaban J connectivity index is 1.83. The highest BCUT2D eigenvalue weighted by molar-refractivity contribution is 9.10. The summed E-state index contributed by atoms with van der Waals surface area (Å²) in [7, 11) is 0. The molecule has 0 radical (unpaired) electrons. The first-order valence-electron chi connectivity index (χ1n) is 7.99. The number of pyridine rings is 1. The predicted octanol–water partition coefficient (Wildman–Crippen LogP) is 5.68. The van der Waals surface area contributed by atoms with Crippen LogP contribution < -0.4 is 5.32 Å². The lowest BCUT2D eigenvalue weighted by molar-refractivity contribution is 0.102. The number of aryl methyl sites for hydroxylation is 1. The Bertz CT molecular complexity index is 1120. The number of hydrogen-bond acceptors (Lipinski definition) is 4. The van der Waals surface area contributed by atoms with Gasteiger partial charge in [0.1, 0.15) is 0 Å². The van der Waals surface area contributed by atoms with Gasteiger partial charge in [-0.2, -0.15) is 0 Å². The number of nitrogens with one attached hydrogen (secondary N) is 1. The SMILES string of the molecule is Cc1csc(NC(=O)c2cc(-c3cccc(Br)c3)nc3ccccc23)n1. The zero-order chi connectivity index (χ0) is 18.1. The van der Waals surface area contributed by atoms with Crippen molar-refractivity contribution in [2.24, 2.45) is 0 Å². The number of carbonyl (C=O) groups excluding carboxylic acids is 1. The van der Waals surface area contributed by atoms with Crippen LogP contribution in [0, 0.1) is 6.92 Å². The summed E-state index contributed by atoms with van der Waals surface area (Å²) >= 11 is 4.90. The van der Waals surface area contributed by atoms with Crippen molar-refractivity contribution in [1.29, 1.82) is 0 Å². The summed E-state index contributed by atoms with van der Waals surface area (Å²) < 4.78 is 0.967. The van der Waals surface area contributed by atoms with E-state index in [9.17, 15) is 4.79 Å². The van der Waals surface area contributed by atoms with Crippen molar-refractivity contribution in [2.45, 2.75) is 6.92 Å². The molecule has 4 rings (SSSR count). The molecule has 4 nitrogen and oxygen atoms in total. The molecule has 6 heteroatoms. The highest BCUT2D eigenvalue weighted by Gasteiger charge is 2.15. The van der Waals surface area contributed by atoms with Gasteiger partial charge >= 0.3 is 0 Å². The third kappa shape index (κ3) is 3.38. The lowest BCUT2D eigenvalue weighted by atomic mass is 10.0. The van der Waals surface area contributed by atoms with Gasteiger partial charge in [-0.05, 0) is 31.2 Å².